The van der Waals surface area contributed by atoms with Gasteiger partial charge in [0.2, 0.25) is 66.2 Å². The summed E-state index contributed by atoms with van der Waals surface area (Å²) in [6.07, 6.45) is 0. The van der Waals surface area contributed by atoms with Crippen molar-refractivity contribution in [3.63, 3.8) is 0 Å². The molecule has 0 saturated heterocycles. The number of benzene rings is 8. The van der Waals surface area contributed by atoms with Crippen LogP contribution in [0.25, 0.3) is 22.3 Å². The van der Waals surface area contributed by atoms with Crippen LogP contribution in [0.3, 0.4) is 0 Å². The fourth-order valence-electron chi connectivity index (χ4n) is 8.14. The fraction of sp³-hybridized carbons (Fsp3) is 0.250. The molecule has 0 aromatic heterocycles. The molecule has 0 fully saturated rings. The van der Waals surface area contributed by atoms with Crippen molar-refractivity contribution in [3.05, 3.63) is 208 Å². The second-order valence-corrected chi connectivity index (χ2v) is 23.1. The van der Waals surface area contributed by atoms with Gasteiger partial charge in [-0.15, -0.1) is 0 Å². The second kappa shape index (κ2) is 38.1. The van der Waals surface area contributed by atoms with Gasteiger partial charge in [0, 0.05) is 43.1 Å². The van der Waals surface area contributed by atoms with Gasteiger partial charge in [0.15, 0.2) is 169 Å². The number of hydrogen-bond acceptors (Lipinski definition) is 10. The van der Waals surface area contributed by atoms with Crippen molar-refractivity contribution in [2.75, 3.05) is 48.9 Å². The zero-order valence-electron chi connectivity index (χ0n) is 52.4. The Kier molecular flexibility index (Phi) is 34.7. The van der Waals surface area contributed by atoms with Crippen LogP contribution < -0.4 is 18.9 Å². The van der Waals surface area contributed by atoms with Crippen LogP contribution in [0, 0.1) is 214 Å². The first-order chi connectivity index (χ1) is 48.0. The van der Waals surface area contributed by atoms with Crippen LogP contribution in [0.5, 0.6) is 23.0 Å². The fourth-order valence-corrected chi connectivity index (χ4v) is 11.2. The van der Waals surface area contributed by atoms with Crippen LogP contribution in [0.1, 0.15) is 58.9 Å². The van der Waals surface area contributed by atoms with E-state index in [0.29, 0.717) is 49.0 Å². The summed E-state index contributed by atoms with van der Waals surface area (Å²) >= 11 is 0. The Bertz CT molecular complexity index is 4600. The van der Waals surface area contributed by atoms with Gasteiger partial charge in [-0.25, -0.2) is 122 Å². The van der Waals surface area contributed by atoms with E-state index < -0.39 is 300 Å². The number of rotatable bonds is 13. The lowest BCUT2D eigenvalue weighted by Gasteiger charge is -2.15. The molecule has 8 aromatic carbocycles. The topological polar surface area (TPSA) is 124 Å². The van der Waals surface area contributed by atoms with E-state index in [0.717, 1.165) is 13.7 Å². The molecule has 44 heteroatoms. The normalized spacial score (nSPS) is 10.9. The molecule has 0 spiro atoms. The Labute approximate surface area is 590 Å². The first-order valence-corrected chi connectivity index (χ1v) is 29.4. The Morgan fingerprint density at radius 2 is 0.361 bits per heavy atom. The maximum atomic E-state index is 14.1. The summed E-state index contributed by atoms with van der Waals surface area (Å²) in [4.78, 5) is -9.85. The first-order valence-electron chi connectivity index (χ1n) is 26.5. The maximum Gasteiger partial charge on any atom is 0.218 e. The lowest BCUT2D eigenvalue weighted by Crippen LogP contribution is -2.17. The number of sulfone groups is 2. The van der Waals surface area contributed by atoms with Crippen molar-refractivity contribution in [2.24, 2.45) is 0 Å². The lowest BCUT2D eigenvalue weighted by molar-refractivity contribution is 0.0441. The molecule has 0 N–H and O–H groups in total. The summed E-state index contributed by atoms with van der Waals surface area (Å²) < 4.78 is 514. The zero-order valence-corrected chi connectivity index (χ0v) is 54.0. The van der Waals surface area contributed by atoms with Crippen LogP contribution in [-0.4, -0.2) is 65.8 Å². The molecule has 0 heterocycles. The van der Waals surface area contributed by atoms with Gasteiger partial charge < -0.3 is 28.4 Å². The highest BCUT2D eigenvalue weighted by molar-refractivity contribution is 7.91. The van der Waals surface area contributed by atoms with Gasteiger partial charge in [0.25, 0.3) is 0 Å². The lowest BCUT2D eigenvalue weighted by atomic mass is 9.99. The van der Waals surface area contributed by atoms with Gasteiger partial charge in [-0.1, -0.05) is 29.7 Å². The van der Waals surface area contributed by atoms with E-state index in [-0.39, 0.29) is 29.7 Å². The molecular weight excluding hydrogens is 1600 g/mol. The minimum Gasteiger partial charge on any atom is -0.491 e. The van der Waals surface area contributed by atoms with E-state index in [1.165, 1.54) is 0 Å². The third-order valence-electron chi connectivity index (χ3n) is 13.5. The summed E-state index contributed by atoms with van der Waals surface area (Å²) in [5, 5.41) is 0. The van der Waals surface area contributed by atoms with Gasteiger partial charge in [-0.2, -0.15) is 35.1 Å². The summed E-state index contributed by atoms with van der Waals surface area (Å²) in [5.74, 6) is -79.1. The molecule has 0 atom stereocenters. The van der Waals surface area contributed by atoms with Gasteiger partial charge in [-0.05, 0) is 34.6 Å². The predicted octanol–water partition coefficient (Wildman–Crippen LogP) is 20.6. The largest absolute Gasteiger partial charge is 0.491 e. The number of halogens is 32. The summed E-state index contributed by atoms with van der Waals surface area (Å²) in [6.45, 7) is 4.42. The molecule has 0 aliphatic rings. The third-order valence-corrected chi connectivity index (χ3v) is 17.0. The van der Waals surface area contributed by atoms with Crippen LogP contribution in [-0.2, 0) is 29.1 Å². The quantitative estimate of drug-likeness (QED) is 0.0626. The van der Waals surface area contributed by atoms with E-state index in [9.17, 15) is 157 Å². The zero-order chi connectivity index (χ0) is 80.4. The monoisotopic (exact) mass is 1650 g/mol. The van der Waals surface area contributed by atoms with E-state index in [2.05, 4.69) is 28.4 Å². The van der Waals surface area contributed by atoms with E-state index in [1.807, 2.05) is 6.92 Å². The smallest absolute Gasteiger partial charge is 0.218 e. The number of hydrogen-bond donors (Lipinski definition) is 0. The molecule has 8 rings (SSSR count). The highest BCUT2D eigenvalue weighted by atomic mass is 32.2. The Balaban J connectivity index is 0.00000137. The maximum absolute atomic E-state index is 14.1. The van der Waals surface area contributed by atoms with Crippen molar-refractivity contribution in [1.29, 1.82) is 0 Å². The molecule has 0 bridgehead atoms. The van der Waals surface area contributed by atoms with E-state index >= 15 is 0 Å². The summed E-state index contributed by atoms with van der Waals surface area (Å²) in [6, 6.07) is 0. The first kappa shape index (κ1) is 98.5. The van der Waals surface area contributed by atoms with E-state index in [1.54, 1.807) is 7.11 Å². The van der Waals surface area contributed by atoms with Crippen molar-refractivity contribution in [2.45, 2.75) is 83.9 Å². The SMILES string of the molecule is C.C.C.C.CCOC.COCOc1c(F)c(F)c(-c2c(F)c(F)c(C)c(F)c2F)c(F)c1F.COc1c(F)c(F)c(-c2c(F)c(F)c(C)c(F)c2F)c(F)c1F.COc1c(F)c(F)c(S(=O)(=O)c2c(F)c(F)c(C)c(F)c2F)c(F)c1F.COc1c(F)c(F)c(S(=O)(=O)c2c(F)c(F)c(C)c(F)c2F)c(F)c1F. The van der Waals surface area contributed by atoms with Gasteiger partial charge >= 0.3 is 0 Å². The molecule has 108 heavy (non-hydrogen) atoms. The molecule has 0 unspecified atom stereocenters. The summed E-state index contributed by atoms with van der Waals surface area (Å²) in [7, 11) is -7.62. The second-order valence-electron chi connectivity index (χ2n) is 19.4. The molecule has 10 nitrogen and oxygen atoms in total. The van der Waals surface area contributed by atoms with Gasteiger partial charge in [0.05, 0.1) is 43.6 Å². The minimum absolute atomic E-state index is 0. The highest BCUT2D eigenvalue weighted by Gasteiger charge is 2.44. The molecule has 602 valence electrons. The van der Waals surface area contributed by atoms with Crippen LogP contribution in [0.15, 0.2) is 19.6 Å². The average Bonchev–Trinajstić information content (AvgIpc) is 0.747. The number of methoxy groups -OCH3 is 5. The van der Waals surface area contributed by atoms with Crippen LogP contribution in [0.2, 0.25) is 0 Å². The standard InChI is InChI=1S/C15H8F8O2.2C14H6F8O3S.C14H6F8O.C3H8O.4CH4/c1-4-7(16)9(18)5(10(19)8(4)17)6-11(20)13(22)15(25-3-24-2)14(23)12(6)21;2*1-3-4(15)8(19)13(9(20)5(3)16)26(23,24)14-10(21)6(17)12(25-2)7(18)11(14)22;1-3-6(15)8(17)4(9(18)7(3)16)5-10(19)12(21)14(23-2)13(22)11(5)20;1-3-4-2;;;;/h3H2,1-2H3;2*1-2H3;1-2H3;3H2,1-2H3;4*1H4. The summed E-state index contributed by atoms with van der Waals surface area (Å²) in [5.41, 5.74) is -12.4. The van der Waals surface area contributed by atoms with Gasteiger partial charge in [0.1, 0.15) is 19.6 Å². The number of ether oxygens (including phenoxy) is 6. The van der Waals surface area contributed by atoms with E-state index in [4.69, 9.17) is 0 Å². The van der Waals surface area contributed by atoms with Crippen molar-refractivity contribution in [1.82, 2.24) is 0 Å². The third kappa shape index (κ3) is 17.3. The van der Waals surface area contributed by atoms with Crippen molar-refractivity contribution in [3.8, 4) is 45.3 Å². The molecule has 0 saturated carbocycles. The Hall–Kier alpha value is -9.46. The van der Waals surface area contributed by atoms with Gasteiger partial charge in [-0.3, -0.25) is 0 Å². The van der Waals surface area contributed by atoms with Crippen LogP contribution >= 0.6 is 0 Å². The molecule has 0 radical (unpaired) electrons. The minimum atomic E-state index is -6.11. The molecule has 0 amide bonds. The highest BCUT2D eigenvalue weighted by Crippen LogP contribution is 2.45. The molecule has 8 aromatic rings. The molecular formula is C64H50F32O10S2. The van der Waals surface area contributed by atoms with Crippen molar-refractivity contribution >= 4 is 19.7 Å². The van der Waals surface area contributed by atoms with Crippen LogP contribution in [0.4, 0.5) is 140 Å². The molecule has 0 aliphatic heterocycles. The molecule has 0 aliphatic carbocycles. The van der Waals surface area contributed by atoms with Crippen molar-refractivity contribution < 1.29 is 186 Å². The Morgan fingerprint density at radius 1 is 0.222 bits per heavy atom. The Morgan fingerprint density at radius 3 is 0.519 bits per heavy atom. The predicted molar refractivity (Wildman–Crippen MR) is 315 cm³/mol. The average molecular weight is 1650 g/mol.